The van der Waals surface area contributed by atoms with E-state index in [1.54, 1.807) is 26.4 Å². The summed E-state index contributed by atoms with van der Waals surface area (Å²) in [6, 6.07) is 3.54. The third-order valence-electron chi connectivity index (χ3n) is 2.95. The van der Waals surface area contributed by atoms with Crippen molar-refractivity contribution in [2.75, 3.05) is 20.8 Å². The third-order valence-corrected chi connectivity index (χ3v) is 2.95. The van der Waals surface area contributed by atoms with Crippen molar-refractivity contribution in [2.24, 2.45) is 0 Å². The standard InChI is InChI=1S/C15H24O4/c1-4-5-6-7-8-19-15-13(17-2)9-12(11-16)10-14(15)18-3/h9-10,16H,4-8,11H2,1-3H3. The van der Waals surface area contributed by atoms with Gasteiger partial charge in [0.25, 0.3) is 0 Å². The molecule has 0 aliphatic heterocycles. The molecule has 1 rings (SSSR count). The lowest BCUT2D eigenvalue weighted by Gasteiger charge is -2.15. The molecule has 0 spiro atoms. The normalized spacial score (nSPS) is 10.3. The quantitative estimate of drug-likeness (QED) is 0.699. The Bertz CT molecular complexity index is 351. The van der Waals surface area contributed by atoms with E-state index in [2.05, 4.69) is 6.92 Å². The van der Waals surface area contributed by atoms with Gasteiger partial charge in [0.2, 0.25) is 5.75 Å². The van der Waals surface area contributed by atoms with Gasteiger partial charge in [-0.25, -0.2) is 0 Å². The minimum absolute atomic E-state index is 0.0521. The van der Waals surface area contributed by atoms with Gasteiger partial charge in [0, 0.05) is 0 Å². The molecule has 1 N–H and O–H groups in total. The average molecular weight is 268 g/mol. The van der Waals surface area contributed by atoms with Crippen molar-refractivity contribution in [1.82, 2.24) is 0 Å². The maximum atomic E-state index is 9.19. The number of rotatable bonds is 9. The van der Waals surface area contributed by atoms with Crippen molar-refractivity contribution in [3.05, 3.63) is 17.7 Å². The highest BCUT2D eigenvalue weighted by molar-refractivity contribution is 5.53. The summed E-state index contributed by atoms with van der Waals surface area (Å²) in [5.74, 6) is 1.80. The lowest BCUT2D eigenvalue weighted by Crippen LogP contribution is -2.02. The van der Waals surface area contributed by atoms with Crippen LogP contribution in [0.25, 0.3) is 0 Å². The zero-order valence-corrected chi connectivity index (χ0v) is 12.1. The molecule has 0 radical (unpaired) electrons. The Morgan fingerprint density at radius 2 is 1.63 bits per heavy atom. The topological polar surface area (TPSA) is 47.9 Å². The number of unbranched alkanes of at least 4 members (excludes halogenated alkanes) is 3. The van der Waals surface area contributed by atoms with Crippen molar-refractivity contribution in [2.45, 2.75) is 39.2 Å². The summed E-state index contributed by atoms with van der Waals surface area (Å²) in [5.41, 5.74) is 0.743. The van der Waals surface area contributed by atoms with Crippen LogP contribution in [0.2, 0.25) is 0 Å². The van der Waals surface area contributed by atoms with E-state index in [1.165, 1.54) is 12.8 Å². The fourth-order valence-corrected chi connectivity index (χ4v) is 1.87. The first-order valence-electron chi connectivity index (χ1n) is 6.75. The highest BCUT2D eigenvalue weighted by Crippen LogP contribution is 2.38. The van der Waals surface area contributed by atoms with Gasteiger partial charge in [-0.2, -0.15) is 0 Å². The molecule has 4 heteroatoms. The summed E-state index contributed by atoms with van der Waals surface area (Å²) in [7, 11) is 3.17. The predicted octanol–water partition coefficient (Wildman–Crippen LogP) is 3.16. The number of hydrogen-bond acceptors (Lipinski definition) is 4. The van der Waals surface area contributed by atoms with Crippen molar-refractivity contribution >= 4 is 0 Å². The predicted molar refractivity (Wildman–Crippen MR) is 75.1 cm³/mol. The summed E-state index contributed by atoms with van der Waals surface area (Å²) in [6.45, 7) is 2.77. The fourth-order valence-electron chi connectivity index (χ4n) is 1.87. The molecular weight excluding hydrogens is 244 g/mol. The largest absolute Gasteiger partial charge is 0.493 e. The number of hydrogen-bond donors (Lipinski definition) is 1. The fraction of sp³-hybridized carbons (Fsp3) is 0.600. The molecule has 4 nitrogen and oxygen atoms in total. The minimum atomic E-state index is -0.0521. The van der Waals surface area contributed by atoms with Gasteiger partial charge < -0.3 is 19.3 Å². The Kier molecular flexibility index (Phi) is 7.11. The number of ether oxygens (including phenoxy) is 3. The van der Waals surface area contributed by atoms with Crippen molar-refractivity contribution < 1.29 is 19.3 Å². The van der Waals surface area contributed by atoms with Crippen molar-refractivity contribution in [3.8, 4) is 17.2 Å². The molecule has 0 saturated heterocycles. The maximum absolute atomic E-state index is 9.19. The van der Waals surface area contributed by atoms with E-state index in [9.17, 15) is 5.11 Å². The SMILES string of the molecule is CCCCCCOc1c(OC)cc(CO)cc1OC. The highest BCUT2D eigenvalue weighted by Gasteiger charge is 2.13. The van der Waals surface area contributed by atoms with E-state index in [0.717, 1.165) is 18.4 Å². The van der Waals surface area contributed by atoms with E-state index in [0.29, 0.717) is 23.9 Å². The first-order valence-corrected chi connectivity index (χ1v) is 6.75. The van der Waals surface area contributed by atoms with Gasteiger partial charge in [0.15, 0.2) is 11.5 Å². The summed E-state index contributed by atoms with van der Waals surface area (Å²) in [6.07, 6.45) is 4.61. The van der Waals surface area contributed by atoms with Gasteiger partial charge in [-0.1, -0.05) is 26.2 Å². The van der Waals surface area contributed by atoms with Gasteiger partial charge in [0.1, 0.15) is 0 Å². The molecule has 0 aromatic heterocycles. The second kappa shape index (κ2) is 8.64. The summed E-state index contributed by atoms with van der Waals surface area (Å²) < 4.78 is 16.3. The van der Waals surface area contributed by atoms with Gasteiger partial charge >= 0.3 is 0 Å². The number of aliphatic hydroxyl groups excluding tert-OH is 1. The Labute approximate surface area is 115 Å². The maximum Gasteiger partial charge on any atom is 0.203 e. The molecule has 0 atom stereocenters. The monoisotopic (exact) mass is 268 g/mol. The van der Waals surface area contributed by atoms with Crippen LogP contribution in [0.3, 0.4) is 0 Å². The second-order valence-electron chi connectivity index (χ2n) is 4.40. The smallest absolute Gasteiger partial charge is 0.203 e. The van der Waals surface area contributed by atoms with E-state index in [1.807, 2.05) is 0 Å². The average Bonchev–Trinajstić information content (AvgIpc) is 2.46. The molecule has 0 aliphatic rings. The van der Waals surface area contributed by atoms with E-state index >= 15 is 0 Å². The van der Waals surface area contributed by atoms with Crippen LogP contribution in [0.4, 0.5) is 0 Å². The van der Waals surface area contributed by atoms with Crippen LogP contribution < -0.4 is 14.2 Å². The van der Waals surface area contributed by atoms with Gasteiger partial charge in [-0.3, -0.25) is 0 Å². The molecule has 0 aliphatic carbocycles. The lowest BCUT2D eigenvalue weighted by molar-refractivity contribution is 0.261. The first-order chi connectivity index (χ1) is 9.26. The molecule has 0 amide bonds. The van der Waals surface area contributed by atoms with Crippen LogP contribution in [0, 0.1) is 0 Å². The molecule has 19 heavy (non-hydrogen) atoms. The third kappa shape index (κ3) is 4.63. The van der Waals surface area contributed by atoms with Gasteiger partial charge in [-0.05, 0) is 24.1 Å². The molecule has 1 aromatic rings. The molecule has 108 valence electrons. The number of methoxy groups -OCH3 is 2. The molecule has 0 heterocycles. The van der Waals surface area contributed by atoms with E-state index < -0.39 is 0 Å². The van der Waals surface area contributed by atoms with Gasteiger partial charge in [0.05, 0.1) is 27.4 Å². The second-order valence-corrected chi connectivity index (χ2v) is 4.40. The van der Waals surface area contributed by atoms with E-state index in [4.69, 9.17) is 14.2 Å². The van der Waals surface area contributed by atoms with E-state index in [-0.39, 0.29) is 6.61 Å². The summed E-state index contributed by atoms with van der Waals surface area (Å²) in [4.78, 5) is 0. The van der Waals surface area contributed by atoms with Crippen LogP contribution in [-0.4, -0.2) is 25.9 Å². The Hall–Kier alpha value is -1.42. The molecule has 1 aromatic carbocycles. The molecule has 0 bridgehead atoms. The number of benzene rings is 1. The zero-order chi connectivity index (χ0) is 14.1. The molecule has 0 fully saturated rings. The van der Waals surface area contributed by atoms with Crippen molar-refractivity contribution in [3.63, 3.8) is 0 Å². The van der Waals surface area contributed by atoms with Crippen LogP contribution in [0.1, 0.15) is 38.2 Å². The van der Waals surface area contributed by atoms with Crippen LogP contribution >= 0.6 is 0 Å². The molecule has 0 saturated carbocycles. The summed E-state index contributed by atoms with van der Waals surface area (Å²) >= 11 is 0. The number of aliphatic hydroxyl groups is 1. The van der Waals surface area contributed by atoms with Crippen molar-refractivity contribution in [1.29, 1.82) is 0 Å². The highest BCUT2D eigenvalue weighted by atomic mass is 16.5. The lowest BCUT2D eigenvalue weighted by atomic mass is 10.2. The van der Waals surface area contributed by atoms with Crippen LogP contribution in [0.15, 0.2) is 12.1 Å². The molecular formula is C15H24O4. The van der Waals surface area contributed by atoms with Crippen LogP contribution in [-0.2, 0) is 6.61 Å². The van der Waals surface area contributed by atoms with Crippen LogP contribution in [0.5, 0.6) is 17.2 Å². The first kappa shape index (κ1) is 15.6. The zero-order valence-electron chi connectivity index (χ0n) is 12.1. The Morgan fingerprint density at radius 1 is 1.00 bits per heavy atom. The minimum Gasteiger partial charge on any atom is -0.493 e. The van der Waals surface area contributed by atoms with Gasteiger partial charge in [-0.15, -0.1) is 0 Å². The Morgan fingerprint density at radius 3 is 2.11 bits per heavy atom. The Balaban J connectivity index is 2.73. The molecule has 0 unspecified atom stereocenters. The summed E-state index contributed by atoms with van der Waals surface area (Å²) in [5, 5.41) is 9.19.